The molecule has 2 amide bonds. The Bertz CT molecular complexity index is 1020. The molecule has 2 aromatic rings. The predicted molar refractivity (Wildman–Crippen MR) is 110 cm³/mol. The zero-order valence-electron chi connectivity index (χ0n) is 15.5. The Labute approximate surface area is 171 Å². The number of thioether (sulfide) groups is 1. The summed E-state index contributed by atoms with van der Waals surface area (Å²) in [5, 5.41) is 9.08. The van der Waals surface area contributed by atoms with E-state index < -0.39 is 23.4 Å². The lowest BCUT2D eigenvalue weighted by atomic mass is 10.1. The first-order chi connectivity index (χ1) is 14.0. The number of amides is 2. The van der Waals surface area contributed by atoms with Crippen LogP contribution in [0.5, 0.6) is 0 Å². The molecule has 0 saturated carbocycles. The summed E-state index contributed by atoms with van der Waals surface area (Å²) in [4.78, 5) is 49.6. The fraction of sp³-hybridized carbons (Fsp3) is 0.0952. The number of amidine groups is 1. The highest BCUT2D eigenvalue weighted by atomic mass is 32.2. The lowest BCUT2D eigenvalue weighted by Gasteiger charge is -2.23. The minimum atomic E-state index is -0.804. The molecule has 0 aromatic heterocycles. The van der Waals surface area contributed by atoms with Crippen LogP contribution in [0, 0.1) is 0 Å². The number of nitrogens with one attached hydrogen (secondary N) is 1. The van der Waals surface area contributed by atoms with Crippen LogP contribution in [0.25, 0.3) is 0 Å². The monoisotopic (exact) mass is 407 g/mol. The highest BCUT2D eigenvalue weighted by Crippen LogP contribution is 2.24. The Morgan fingerprint density at radius 1 is 0.931 bits per heavy atom. The lowest BCUT2D eigenvalue weighted by molar-refractivity contribution is -0.134. The molecule has 0 saturated heterocycles. The van der Waals surface area contributed by atoms with Gasteiger partial charge in [-0.2, -0.15) is 5.01 Å². The predicted octanol–water partition coefficient (Wildman–Crippen LogP) is 2.97. The van der Waals surface area contributed by atoms with Crippen LogP contribution in [-0.4, -0.2) is 33.6 Å². The summed E-state index contributed by atoms with van der Waals surface area (Å²) in [6.07, 6.45) is 0.00945. The summed E-state index contributed by atoms with van der Waals surface area (Å²) in [6.45, 7) is 1.56. The number of Topliss-reactive ketones (excluding diaryl/α,β-unsaturated/α-hetero) is 2. The van der Waals surface area contributed by atoms with Crippen molar-refractivity contribution in [2.24, 2.45) is 5.10 Å². The lowest BCUT2D eigenvalue weighted by Crippen LogP contribution is -2.38. The molecule has 0 spiro atoms. The molecule has 1 heterocycles. The minimum Gasteiger partial charge on any atom is -0.299 e. The number of hydrogen-bond donors (Lipinski definition) is 1. The molecular weight excluding hydrogens is 390 g/mol. The molecule has 2 aromatic carbocycles. The molecule has 0 aliphatic carbocycles. The van der Waals surface area contributed by atoms with Crippen LogP contribution in [0.4, 0.5) is 0 Å². The molecule has 0 radical (unpaired) electrons. The fourth-order valence-corrected chi connectivity index (χ4v) is 3.16. The molecule has 0 bridgehead atoms. The van der Waals surface area contributed by atoms with Gasteiger partial charge in [-0.1, -0.05) is 55.1 Å². The fourth-order valence-electron chi connectivity index (χ4n) is 2.45. The van der Waals surface area contributed by atoms with Gasteiger partial charge in [0.05, 0.1) is 0 Å². The van der Waals surface area contributed by atoms with Crippen molar-refractivity contribution in [3.8, 4) is 0 Å². The summed E-state index contributed by atoms with van der Waals surface area (Å²) < 4.78 is 0. The average molecular weight is 407 g/mol. The smallest absolute Gasteiger partial charge is 0.278 e. The van der Waals surface area contributed by atoms with Crippen LogP contribution in [0.3, 0.4) is 0 Å². The molecule has 29 heavy (non-hydrogen) atoms. The van der Waals surface area contributed by atoms with Crippen molar-refractivity contribution in [2.75, 3.05) is 0 Å². The molecule has 1 N–H and O–H groups in total. The molecule has 0 atom stereocenters. The maximum Gasteiger partial charge on any atom is 0.278 e. The van der Waals surface area contributed by atoms with Crippen molar-refractivity contribution in [2.45, 2.75) is 13.3 Å². The summed E-state index contributed by atoms with van der Waals surface area (Å²) in [7, 11) is 0. The largest absolute Gasteiger partial charge is 0.299 e. The van der Waals surface area contributed by atoms with E-state index in [2.05, 4.69) is 10.4 Å². The Morgan fingerprint density at radius 2 is 1.52 bits per heavy atom. The highest BCUT2D eigenvalue weighted by Gasteiger charge is 2.31. The first-order valence-corrected chi connectivity index (χ1v) is 9.68. The summed E-state index contributed by atoms with van der Waals surface area (Å²) >= 11 is 0.956. The molecule has 1 aliphatic rings. The van der Waals surface area contributed by atoms with E-state index in [4.69, 9.17) is 0 Å². The number of hydrazone groups is 1. The van der Waals surface area contributed by atoms with Crippen LogP contribution < -0.4 is 5.32 Å². The second-order valence-electron chi connectivity index (χ2n) is 5.94. The third-order valence-electron chi connectivity index (χ3n) is 3.98. The van der Waals surface area contributed by atoms with Crippen molar-refractivity contribution >= 4 is 40.3 Å². The first kappa shape index (κ1) is 20.2. The molecule has 0 fully saturated rings. The number of rotatable bonds is 5. The zero-order valence-corrected chi connectivity index (χ0v) is 16.3. The van der Waals surface area contributed by atoms with Gasteiger partial charge in [-0.15, -0.1) is 5.10 Å². The number of nitrogens with zero attached hydrogens (tertiary/aromatic N) is 2. The van der Waals surface area contributed by atoms with E-state index >= 15 is 0 Å². The van der Waals surface area contributed by atoms with Crippen LogP contribution in [0.1, 0.15) is 34.1 Å². The van der Waals surface area contributed by atoms with Crippen molar-refractivity contribution in [1.29, 1.82) is 0 Å². The second-order valence-corrected chi connectivity index (χ2v) is 6.79. The topological polar surface area (TPSA) is 95.9 Å². The summed E-state index contributed by atoms with van der Waals surface area (Å²) in [5.74, 6) is -2.42. The molecular formula is C21H17N3O4S. The van der Waals surface area contributed by atoms with Crippen molar-refractivity contribution in [3.05, 3.63) is 82.9 Å². The molecule has 146 valence electrons. The number of hydrogen-bond acceptors (Lipinski definition) is 6. The van der Waals surface area contributed by atoms with Crippen molar-refractivity contribution < 1.29 is 19.2 Å². The van der Waals surface area contributed by atoms with Crippen LogP contribution in [-0.2, 0) is 9.59 Å². The standard InChI is InChI=1S/C21H17N3O4S/c1-2-17(25)18(26)16-13-29-21(22-19(27)14-9-5-3-6-10-14)23-24(16)20(28)15-11-7-4-8-12-15/h3-13H,2H2,1H3,(H,22,23,27). The third-order valence-corrected chi connectivity index (χ3v) is 4.73. The van der Waals surface area contributed by atoms with E-state index in [1.54, 1.807) is 67.6 Å². The first-order valence-electron chi connectivity index (χ1n) is 8.80. The van der Waals surface area contributed by atoms with Gasteiger partial charge >= 0.3 is 0 Å². The van der Waals surface area contributed by atoms with E-state index in [0.717, 1.165) is 16.8 Å². The van der Waals surface area contributed by atoms with Crippen LogP contribution in [0.2, 0.25) is 0 Å². The van der Waals surface area contributed by atoms with Gasteiger partial charge in [-0.05, 0) is 24.3 Å². The SMILES string of the molecule is CCC(=O)C(=O)C1=CSC(NC(=O)c2ccccc2)=NN1C(=O)c1ccccc1. The Hall–Kier alpha value is -3.52. The Morgan fingerprint density at radius 3 is 2.10 bits per heavy atom. The van der Waals surface area contributed by atoms with Gasteiger partial charge in [0.2, 0.25) is 11.6 Å². The van der Waals surface area contributed by atoms with Gasteiger partial charge < -0.3 is 0 Å². The molecule has 1 aliphatic heterocycles. The zero-order chi connectivity index (χ0) is 20.8. The normalized spacial score (nSPS) is 13.2. The molecule has 0 unspecified atom stereocenters. The maximum atomic E-state index is 12.9. The van der Waals surface area contributed by atoms with Crippen molar-refractivity contribution in [1.82, 2.24) is 10.3 Å². The number of carbonyl (C=O) groups is 4. The highest BCUT2D eigenvalue weighted by molar-refractivity contribution is 8.16. The molecule has 8 heteroatoms. The van der Waals surface area contributed by atoms with Gasteiger partial charge in [0.15, 0.2) is 5.17 Å². The third kappa shape index (κ3) is 4.67. The van der Waals surface area contributed by atoms with Crippen LogP contribution >= 0.6 is 11.8 Å². The maximum absolute atomic E-state index is 12.9. The number of ketones is 2. The Kier molecular flexibility index (Phi) is 6.36. The minimum absolute atomic E-state index is 0.00945. The number of allylic oxidation sites excluding steroid dienone is 1. The van der Waals surface area contributed by atoms with Crippen molar-refractivity contribution in [3.63, 3.8) is 0 Å². The van der Waals surface area contributed by atoms with Crippen LogP contribution in [0.15, 0.2) is 76.9 Å². The van der Waals surface area contributed by atoms with Gasteiger partial charge in [0.25, 0.3) is 11.8 Å². The van der Waals surface area contributed by atoms with E-state index in [1.165, 1.54) is 5.41 Å². The van der Waals surface area contributed by atoms with E-state index in [1.807, 2.05) is 0 Å². The second kappa shape index (κ2) is 9.11. The quantitative estimate of drug-likeness (QED) is 0.769. The number of carbonyl (C=O) groups excluding carboxylic acids is 4. The molecule has 3 rings (SSSR count). The van der Waals surface area contributed by atoms with Gasteiger partial charge in [0, 0.05) is 23.0 Å². The van der Waals surface area contributed by atoms with E-state index in [-0.39, 0.29) is 17.3 Å². The Balaban J connectivity index is 1.90. The average Bonchev–Trinajstić information content (AvgIpc) is 2.78. The van der Waals surface area contributed by atoms with E-state index in [9.17, 15) is 19.2 Å². The van der Waals surface area contributed by atoms with Gasteiger partial charge in [-0.3, -0.25) is 24.5 Å². The van der Waals surface area contributed by atoms with E-state index in [0.29, 0.717) is 11.1 Å². The van der Waals surface area contributed by atoms with Gasteiger partial charge in [0.1, 0.15) is 5.70 Å². The number of benzene rings is 2. The van der Waals surface area contributed by atoms with Gasteiger partial charge in [-0.25, -0.2) is 0 Å². The summed E-state index contributed by atoms with van der Waals surface area (Å²) in [6, 6.07) is 16.8. The summed E-state index contributed by atoms with van der Waals surface area (Å²) in [5.41, 5.74) is 0.566. The molecule has 7 nitrogen and oxygen atoms in total.